The second-order valence-corrected chi connectivity index (χ2v) is 4.41. The van der Waals surface area contributed by atoms with E-state index in [-0.39, 0.29) is 10.7 Å². The van der Waals surface area contributed by atoms with Gasteiger partial charge in [-0.15, -0.1) is 0 Å². The van der Waals surface area contributed by atoms with E-state index >= 15 is 0 Å². The molecule has 2 aromatic rings. The number of pyridine rings is 1. The van der Waals surface area contributed by atoms with Crippen molar-refractivity contribution < 1.29 is 14.7 Å². The molecule has 2 N–H and O–H groups in total. The van der Waals surface area contributed by atoms with Gasteiger partial charge in [-0.2, -0.15) is 0 Å². The molecule has 1 unspecified atom stereocenters. The Hall–Kier alpha value is -2.40. The first kappa shape index (κ1) is 14.0. The van der Waals surface area contributed by atoms with E-state index in [0.29, 0.717) is 5.56 Å². The van der Waals surface area contributed by atoms with E-state index in [9.17, 15) is 14.7 Å². The number of nitrogens with zero attached hydrogens (tertiary/aromatic N) is 1. The Balaban J connectivity index is 2.19. The third-order valence-corrected chi connectivity index (χ3v) is 2.87. The summed E-state index contributed by atoms with van der Waals surface area (Å²) in [6, 6.07) is 10.3. The zero-order chi connectivity index (χ0) is 14.5. The first-order valence-electron chi connectivity index (χ1n) is 5.78. The zero-order valence-corrected chi connectivity index (χ0v) is 11.0. The van der Waals surface area contributed by atoms with Crippen LogP contribution >= 0.6 is 11.6 Å². The number of carboxylic acids is 1. The maximum Gasteiger partial charge on any atom is 0.330 e. The van der Waals surface area contributed by atoms with Crippen molar-refractivity contribution in [1.29, 1.82) is 0 Å². The van der Waals surface area contributed by atoms with Crippen LogP contribution < -0.4 is 5.32 Å². The molecule has 0 fully saturated rings. The van der Waals surface area contributed by atoms with Crippen LogP contribution in [0.5, 0.6) is 0 Å². The summed E-state index contributed by atoms with van der Waals surface area (Å²) in [6.07, 6.45) is 1.29. The molecule has 0 saturated carbocycles. The number of carbonyl (C=O) groups is 2. The van der Waals surface area contributed by atoms with Crippen molar-refractivity contribution >= 4 is 23.5 Å². The van der Waals surface area contributed by atoms with Crippen LogP contribution in [0.4, 0.5) is 0 Å². The molecule has 6 heteroatoms. The number of hydrogen-bond acceptors (Lipinski definition) is 3. The van der Waals surface area contributed by atoms with Crippen molar-refractivity contribution in [2.24, 2.45) is 0 Å². The molecule has 1 amide bonds. The smallest absolute Gasteiger partial charge is 0.330 e. The van der Waals surface area contributed by atoms with Gasteiger partial charge in [0.15, 0.2) is 6.04 Å². The van der Waals surface area contributed by atoms with Crippen molar-refractivity contribution in [1.82, 2.24) is 10.3 Å². The molecule has 0 radical (unpaired) electrons. The molecule has 5 nitrogen and oxygen atoms in total. The Morgan fingerprint density at radius 3 is 2.40 bits per heavy atom. The summed E-state index contributed by atoms with van der Waals surface area (Å²) in [5.41, 5.74) is 0.742. The van der Waals surface area contributed by atoms with E-state index < -0.39 is 17.9 Å². The van der Waals surface area contributed by atoms with Gasteiger partial charge in [0.05, 0.1) is 5.56 Å². The molecule has 0 saturated heterocycles. The third-order valence-electron chi connectivity index (χ3n) is 2.64. The van der Waals surface area contributed by atoms with Crippen molar-refractivity contribution in [3.63, 3.8) is 0 Å². The van der Waals surface area contributed by atoms with Gasteiger partial charge in [0.2, 0.25) is 0 Å². The summed E-state index contributed by atoms with van der Waals surface area (Å²) in [6.45, 7) is 0. The molecule has 0 aliphatic rings. The lowest BCUT2D eigenvalue weighted by atomic mass is 10.1. The van der Waals surface area contributed by atoms with Gasteiger partial charge in [0, 0.05) is 6.20 Å². The summed E-state index contributed by atoms with van der Waals surface area (Å²) < 4.78 is 0. The number of hydrogen-bond donors (Lipinski definition) is 2. The molecule has 1 aromatic carbocycles. The minimum absolute atomic E-state index is 0.247. The summed E-state index contributed by atoms with van der Waals surface area (Å²) in [7, 11) is 0. The van der Waals surface area contributed by atoms with Crippen LogP contribution in [0.3, 0.4) is 0 Å². The van der Waals surface area contributed by atoms with Gasteiger partial charge < -0.3 is 10.4 Å². The molecule has 0 spiro atoms. The van der Waals surface area contributed by atoms with E-state index in [0.717, 1.165) is 0 Å². The molecule has 2 rings (SSSR count). The number of amides is 1. The lowest BCUT2D eigenvalue weighted by Crippen LogP contribution is -2.33. The highest BCUT2D eigenvalue weighted by Gasteiger charge is 2.22. The average Bonchev–Trinajstić information content (AvgIpc) is 2.46. The predicted molar refractivity (Wildman–Crippen MR) is 73.5 cm³/mol. The van der Waals surface area contributed by atoms with E-state index in [1.54, 1.807) is 30.3 Å². The van der Waals surface area contributed by atoms with Gasteiger partial charge in [-0.05, 0) is 17.7 Å². The van der Waals surface area contributed by atoms with Crippen molar-refractivity contribution in [2.45, 2.75) is 6.04 Å². The molecule has 0 bridgehead atoms. The Bertz CT molecular complexity index is 614. The van der Waals surface area contributed by atoms with Gasteiger partial charge >= 0.3 is 5.97 Å². The molecule has 20 heavy (non-hydrogen) atoms. The zero-order valence-electron chi connectivity index (χ0n) is 10.3. The van der Waals surface area contributed by atoms with Gasteiger partial charge in [0.25, 0.3) is 5.91 Å². The molecule has 102 valence electrons. The summed E-state index contributed by atoms with van der Waals surface area (Å²) in [4.78, 5) is 27.0. The van der Waals surface area contributed by atoms with Crippen LogP contribution in [0.15, 0.2) is 48.7 Å². The lowest BCUT2D eigenvalue weighted by molar-refractivity contribution is -0.139. The third kappa shape index (κ3) is 3.33. The molecule has 0 aliphatic carbocycles. The molecule has 1 heterocycles. The normalized spacial score (nSPS) is 11.7. The van der Waals surface area contributed by atoms with Gasteiger partial charge in [0.1, 0.15) is 5.15 Å². The summed E-state index contributed by atoms with van der Waals surface area (Å²) in [5.74, 6) is -1.66. The Labute approximate surface area is 120 Å². The largest absolute Gasteiger partial charge is 0.479 e. The SMILES string of the molecule is O=C(NC(C(=O)O)c1ccccc1)c1ccc(Cl)nc1. The molecule has 0 aliphatic heterocycles. The standard InChI is InChI=1S/C14H11ClN2O3/c15-11-7-6-10(8-16-11)13(18)17-12(14(19)20)9-4-2-1-3-5-9/h1-8,12H,(H,17,18)(H,19,20). The number of benzene rings is 1. The van der Waals surface area contributed by atoms with Gasteiger partial charge in [-0.25, -0.2) is 9.78 Å². The highest BCUT2D eigenvalue weighted by Crippen LogP contribution is 2.14. The Morgan fingerprint density at radius 2 is 1.85 bits per heavy atom. The van der Waals surface area contributed by atoms with Crippen molar-refractivity contribution in [2.75, 3.05) is 0 Å². The Morgan fingerprint density at radius 1 is 1.15 bits per heavy atom. The fourth-order valence-electron chi connectivity index (χ4n) is 1.66. The second-order valence-electron chi connectivity index (χ2n) is 4.02. The highest BCUT2D eigenvalue weighted by atomic mass is 35.5. The maximum atomic E-state index is 12.0. The Kier molecular flexibility index (Phi) is 4.32. The van der Waals surface area contributed by atoms with Crippen LogP contribution in [0.1, 0.15) is 22.0 Å². The monoisotopic (exact) mass is 290 g/mol. The number of aliphatic carboxylic acids is 1. The average molecular weight is 291 g/mol. The molecule has 1 aromatic heterocycles. The number of rotatable bonds is 4. The summed E-state index contributed by atoms with van der Waals surface area (Å²) in [5, 5.41) is 11.9. The van der Waals surface area contributed by atoms with Crippen LogP contribution in [0.25, 0.3) is 0 Å². The van der Waals surface area contributed by atoms with Crippen LogP contribution in [-0.2, 0) is 4.79 Å². The maximum absolute atomic E-state index is 12.0. The first-order chi connectivity index (χ1) is 9.58. The quantitative estimate of drug-likeness (QED) is 0.847. The van der Waals surface area contributed by atoms with E-state index in [4.69, 9.17) is 11.6 Å². The predicted octanol–water partition coefficient (Wildman–Crippen LogP) is 2.29. The molecular formula is C14H11ClN2O3. The minimum atomic E-state index is -1.13. The number of carbonyl (C=O) groups excluding carboxylic acids is 1. The van der Waals surface area contributed by atoms with Crippen LogP contribution in [0, 0.1) is 0 Å². The number of aromatic nitrogens is 1. The first-order valence-corrected chi connectivity index (χ1v) is 6.16. The fourth-order valence-corrected chi connectivity index (χ4v) is 1.77. The van der Waals surface area contributed by atoms with E-state index in [1.807, 2.05) is 0 Å². The van der Waals surface area contributed by atoms with E-state index in [2.05, 4.69) is 10.3 Å². The topological polar surface area (TPSA) is 79.3 Å². The number of halogens is 1. The van der Waals surface area contributed by atoms with Crippen LogP contribution in [0.2, 0.25) is 5.15 Å². The second kappa shape index (κ2) is 6.16. The summed E-state index contributed by atoms with van der Waals surface area (Å²) >= 11 is 5.63. The molecule has 1 atom stereocenters. The van der Waals surface area contributed by atoms with E-state index in [1.165, 1.54) is 18.3 Å². The van der Waals surface area contributed by atoms with Crippen LogP contribution in [-0.4, -0.2) is 22.0 Å². The minimum Gasteiger partial charge on any atom is -0.479 e. The lowest BCUT2D eigenvalue weighted by Gasteiger charge is -2.14. The van der Waals surface area contributed by atoms with Gasteiger partial charge in [-0.3, -0.25) is 4.79 Å². The van der Waals surface area contributed by atoms with Gasteiger partial charge in [-0.1, -0.05) is 41.9 Å². The van der Waals surface area contributed by atoms with Crippen molar-refractivity contribution in [3.05, 3.63) is 64.9 Å². The molecular weight excluding hydrogens is 280 g/mol. The number of carboxylic acid groups (broad SMARTS) is 1. The highest BCUT2D eigenvalue weighted by molar-refractivity contribution is 6.29. The number of nitrogens with one attached hydrogen (secondary N) is 1. The van der Waals surface area contributed by atoms with Crippen molar-refractivity contribution in [3.8, 4) is 0 Å². The fraction of sp³-hybridized carbons (Fsp3) is 0.0714.